The highest BCUT2D eigenvalue weighted by atomic mass is 35.5. The van der Waals surface area contributed by atoms with Gasteiger partial charge in [0.15, 0.2) is 0 Å². The van der Waals surface area contributed by atoms with E-state index in [2.05, 4.69) is 10.2 Å². The number of hydrogen-bond donors (Lipinski definition) is 1. The number of nitrogens with zero attached hydrogens (tertiary/aromatic N) is 1. The van der Waals surface area contributed by atoms with Crippen LogP contribution < -0.4 is 5.32 Å². The molecule has 1 aromatic carbocycles. The molecule has 2 bridgehead atoms. The molecule has 23 heavy (non-hydrogen) atoms. The zero-order valence-corrected chi connectivity index (χ0v) is 14.4. The van der Waals surface area contributed by atoms with Gasteiger partial charge in [-0.3, -0.25) is 4.79 Å². The van der Waals surface area contributed by atoms with Gasteiger partial charge in [-0.15, -0.1) is 11.3 Å². The molecule has 0 spiro atoms. The molecular weight excluding hydrogens is 328 g/mol. The maximum Gasteiger partial charge on any atom is 0.261 e. The van der Waals surface area contributed by atoms with E-state index in [9.17, 15) is 4.79 Å². The third-order valence-electron chi connectivity index (χ3n) is 4.94. The Kier molecular flexibility index (Phi) is 4.14. The average Bonchev–Trinajstić information content (AvgIpc) is 3.06. The number of rotatable bonds is 3. The topological polar surface area (TPSA) is 32.3 Å². The standard InChI is InChI=1S/C18H19ClN2OS/c19-14-4-2-1-3-13(14)16-5-6-17(23-16)18(22)20-15-11-21-9-7-12(15)8-10-21/h1-6,12,15H,7-11H2,(H,20,22)/t15-/m0/s1. The minimum Gasteiger partial charge on any atom is -0.347 e. The summed E-state index contributed by atoms with van der Waals surface area (Å²) in [5.74, 6) is 0.694. The molecule has 3 aliphatic rings. The summed E-state index contributed by atoms with van der Waals surface area (Å²) in [6, 6.07) is 11.9. The molecule has 4 heterocycles. The van der Waals surface area contributed by atoms with Crippen LogP contribution in [0.25, 0.3) is 10.4 Å². The fourth-order valence-corrected chi connectivity index (χ4v) is 4.88. The second-order valence-corrected chi connectivity index (χ2v) is 7.85. The van der Waals surface area contributed by atoms with Gasteiger partial charge >= 0.3 is 0 Å². The second kappa shape index (κ2) is 6.27. The van der Waals surface area contributed by atoms with E-state index in [1.807, 2.05) is 36.4 Å². The second-order valence-electron chi connectivity index (χ2n) is 6.36. The number of fused-ring (bicyclic) bond motifs is 3. The van der Waals surface area contributed by atoms with E-state index < -0.39 is 0 Å². The Morgan fingerprint density at radius 3 is 2.65 bits per heavy atom. The van der Waals surface area contributed by atoms with Crippen LogP contribution in [-0.4, -0.2) is 36.5 Å². The Morgan fingerprint density at radius 1 is 1.17 bits per heavy atom. The van der Waals surface area contributed by atoms with Crippen molar-refractivity contribution in [1.29, 1.82) is 0 Å². The van der Waals surface area contributed by atoms with Crippen LogP contribution in [-0.2, 0) is 0 Å². The van der Waals surface area contributed by atoms with Gasteiger partial charge in [0.25, 0.3) is 5.91 Å². The first kappa shape index (κ1) is 15.2. The zero-order valence-electron chi connectivity index (χ0n) is 12.8. The minimum absolute atomic E-state index is 0.0482. The van der Waals surface area contributed by atoms with Crippen molar-refractivity contribution >= 4 is 28.8 Å². The first-order valence-electron chi connectivity index (χ1n) is 8.08. The predicted molar refractivity (Wildman–Crippen MR) is 95.2 cm³/mol. The summed E-state index contributed by atoms with van der Waals surface area (Å²) in [5.41, 5.74) is 0.987. The van der Waals surface area contributed by atoms with Gasteiger partial charge in [0.05, 0.1) is 4.88 Å². The van der Waals surface area contributed by atoms with Gasteiger partial charge in [0.2, 0.25) is 0 Å². The smallest absolute Gasteiger partial charge is 0.261 e. The van der Waals surface area contributed by atoms with Crippen LogP contribution in [0.2, 0.25) is 5.02 Å². The molecule has 2 aromatic rings. The summed E-state index contributed by atoms with van der Waals surface area (Å²) in [6.45, 7) is 3.37. The number of hydrogen-bond acceptors (Lipinski definition) is 3. The number of thiophene rings is 1. The molecule has 1 N–H and O–H groups in total. The number of carbonyl (C=O) groups excluding carboxylic acids is 1. The first-order chi connectivity index (χ1) is 11.2. The summed E-state index contributed by atoms with van der Waals surface area (Å²) in [7, 11) is 0. The molecule has 120 valence electrons. The van der Waals surface area contributed by atoms with Crippen LogP contribution in [0.1, 0.15) is 22.5 Å². The number of piperidine rings is 3. The van der Waals surface area contributed by atoms with E-state index in [4.69, 9.17) is 11.6 Å². The molecule has 0 aliphatic carbocycles. The Balaban J connectivity index is 1.48. The Morgan fingerprint density at radius 2 is 1.96 bits per heavy atom. The molecular formula is C18H19ClN2OS. The van der Waals surface area contributed by atoms with Crippen molar-refractivity contribution in [3.63, 3.8) is 0 Å². The van der Waals surface area contributed by atoms with Gasteiger partial charge < -0.3 is 10.2 Å². The average molecular weight is 347 g/mol. The Hall–Kier alpha value is -1.36. The van der Waals surface area contributed by atoms with Crippen molar-refractivity contribution < 1.29 is 4.79 Å². The molecule has 0 unspecified atom stereocenters. The van der Waals surface area contributed by atoms with Crippen molar-refractivity contribution in [2.24, 2.45) is 5.92 Å². The first-order valence-corrected chi connectivity index (χ1v) is 9.28. The number of nitrogens with one attached hydrogen (secondary N) is 1. The Labute approximate surface area is 145 Å². The molecule has 1 amide bonds. The highest BCUT2D eigenvalue weighted by Crippen LogP contribution is 2.33. The van der Waals surface area contributed by atoms with Crippen LogP contribution in [0.4, 0.5) is 0 Å². The van der Waals surface area contributed by atoms with Crippen molar-refractivity contribution in [2.75, 3.05) is 19.6 Å². The van der Waals surface area contributed by atoms with Gasteiger partial charge in [0, 0.05) is 28.0 Å². The van der Waals surface area contributed by atoms with Gasteiger partial charge in [-0.05, 0) is 50.0 Å². The van der Waals surface area contributed by atoms with E-state index in [1.165, 1.54) is 37.3 Å². The maximum atomic E-state index is 12.6. The number of carbonyl (C=O) groups is 1. The fraction of sp³-hybridized carbons (Fsp3) is 0.389. The van der Waals surface area contributed by atoms with Gasteiger partial charge in [0.1, 0.15) is 0 Å². The lowest BCUT2D eigenvalue weighted by molar-refractivity contribution is 0.0622. The van der Waals surface area contributed by atoms with Crippen LogP contribution in [0.3, 0.4) is 0 Å². The normalized spacial score (nSPS) is 26.2. The molecule has 1 aromatic heterocycles. The lowest BCUT2D eigenvalue weighted by atomic mass is 9.84. The number of amides is 1. The predicted octanol–water partition coefficient (Wildman–Crippen LogP) is 3.89. The van der Waals surface area contributed by atoms with Crippen molar-refractivity contribution in [3.05, 3.63) is 46.3 Å². The van der Waals surface area contributed by atoms with Crippen molar-refractivity contribution in [2.45, 2.75) is 18.9 Å². The minimum atomic E-state index is 0.0482. The molecule has 1 atom stereocenters. The SMILES string of the molecule is O=C(N[C@H]1CN2CCC1CC2)c1ccc(-c2ccccc2Cl)s1. The third kappa shape index (κ3) is 3.03. The van der Waals surface area contributed by atoms with Crippen LogP contribution in [0.5, 0.6) is 0 Å². The quantitative estimate of drug-likeness (QED) is 0.914. The highest BCUT2D eigenvalue weighted by Gasteiger charge is 2.35. The molecule has 5 rings (SSSR count). The zero-order chi connectivity index (χ0) is 15.8. The molecule has 0 saturated carbocycles. The molecule has 3 aliphatic heterocycles. The van der Waals surface area contributed by atoms with Crippen molar-refractivity contribution in [3.8, 4) is 10.4 Å². The van der Waals surface area contributed by atoms with E-state index >= 15 is 0 Å². The van der Waals surface area contributed by atoms with Crippen LogP contribution >= 0.6 is 22.9 Å². The largest absolute Gasteiger partial charge is 0.347 e. The summed E-state index contributed by atoms with van der Waals surface area (Å²) in [6.07, 6.45) is 2.42. The molecule has 3 saturated heterocycles. The van der Waals surface area contributed by atoms with E-state index in [0.29, 0.717) is 12.0 Å². The summed E-state index contributed by atoms with van der Waals surface area (Å²) in [4.78, 5) is 16.8. The fourth-order valence-electron chi connectivity index (χ4n) is 3.63. The third-order valence-corrected chi connectivity index (χ3v) is 6.39. The van der Waals surface area contributed by atoms with Crippen LogP contribution in [0.15, 0.2) is 36.4 Å². The summed E-state index contributed by atoms with van der Waals surface area (Å²) in [5, 5.41) is 3.96. The van der Waals surface area contributed by atoms with E-state index in [1.54, 1.807) is 0 Å². The summed E-state index contributed by atoms with van der Waals surface area (Å²) < 4.78 is 0. The van der Waals surface area contributed by atoms with E-state index in [-0.39, 0.29) is 5.91 Å². The number of halogens is 1. The van der Waals surface area contributed by atoms with Gasteiger partial charge in [-0.1, -0.05) is 29.8 Å². The van der Waals surface area contributed by atoms with Crippen molar-refractivity contribution in [1.82, 2.24) is 10.2 Å². The van der Waals surface area contributed by atoms with Crippen LogP contribution in [0, 0.1) is 5.92 Å². The molecule has 3 fully saturated rings. The monoisotopic (exact) mass is 346 g/mol. The lowest BCUT2D eigenvalue weighted by Gasteiger charge is -2.44. The maximum absolute atomic E-state index is 12.6. The van der Waals surface area contributed by atoms with Gasteiger partial charge in [-0.25, -0.2) is 0 Å². The highest BCUT2D eigenvalue weighted by molar-refractivity contribution is 7.17. The summed E-state index contributed by atoms with van der Waals surface area (Å²) >= 11 is 7.75. The molecule has 3 nitrogen and oxygen atoms in total. The lowest BCUT2D eigenvalue weighted by Crippen LogP contribution is -2.57. The number of benzene rings is 1. The molecule has 0 radical (unpaired) electrons. The Bertz CT molecular complexity index is 721. The molecule has 5 heteroatoms. The van der Waals surface area contributed by atoms with E-state index in [0.717, 1.165) is 26.9 Å². The van der Waals surface area contributed by atoms with Gasteiger partial charge in [-0.2, -0.15) is 0 Å².